The molecule has 2 nitrogen and oxygen atoms in total. The minimum atomic E-state index is -0.188. The quantitative estimate of drug-likeness (QED) is 0.577. The largest absolute Gasteiger partial charge is 0.462 e. The van der Waals surface area contributed by atoms with E-state index in [9.17, 15) is 4.79 Å². The lowest BCUT2D eigenvalue weighted by molar-refractivity contribution is -0.152. The maximum absolute atomic E-state index is 10.6. The fourth-order valence-corrected chi connectivity index (χ4v) is 1.07. The van der Waals surface area contributed by atoms with Crippen LogP contribution >= 0.6 is 0 Å². The van der Waals surface area contributed by atoms with Gasteiger partial charge in [0.2, 0.25) is 0 Å². The first-order valence-electron chi connectivity index (χ1n) is 4.05. The van der Waals surface area contributed by atoms with E-state index in [0.717, 1.165) is 6.42 Å². The van der Waals surface area contributed by atoms with E-state index in [1.165, 1.54) is 6.92 Å². The molecule has 2 heteroatoms. The molecule has 0 aliphatic carbocycles. The number of hydrogen-bond donors (Lipinski definition) is 0. The molecule has 11 heavy (non-hydrogen) atoms. The number of rotatable bonds is 2. The van der Waals surface area contributed by atoms with Gasteiger partial charge in [-0.25, -0.2) is 0 Å². The van der Waals surface area contributed by atoms with Gasteiger partial charge < -0.3 is 4.74 Å². The van der Waals surface area contributed by atoms with E-state index in [2.05, 4.69) is 20.8 Å². The van der Waals surface area contributed by atoms with Crippen molar-refractivity contribution in [1.29, 1.82) is 0 Å². The fraction of sp³-hybridized carbons (Fsp3) is 0.889. The third-order valence-corrected chi connectivity index (χ3v) is 1.64. The van der Waals surface area contributed by atoms with Gasteiger partial charge in [-0.2, -0.15) is 0 Å². The van der Waals surface area contributed by atoms with E-state index < -0.39 is 0 Å². The summed E-state index contributed by atoms with van der Waals surface area (Å²) in [6.07, 6.45) is 0.920. The van der Waals surface area contributed by atoms with Gasteiger partial charge in [0.15, 0.2) is 0 Å². The highest BCUT2D eigenvalue weighted by atomic mass is 16.5. The van der Waals surface area contributed by atoms with Crippen LogP contribution in [0.4, 0.5) is 0 Å². The van der Waals surface area contributed by atoms with Gasteiger partial charge in [0.1, 0.15) is 6.10 Å². The standard InChI is InChI=1S/C9H18O2/c1-6-8(9(3,4)5)11-7(2)10/h8H,6H2,1-5H3/t8-/m1/s1. The Kier molecular flexibility index (Phi) is 3.56. The van der Waals surface area contributed by atoms with Crippen LogP contribution in [0.3, 0.4) is 0 Å². The molecule has 0 N–H and O–H groups in total. The Labute approximate surface area is 68.9 Å². The van der Waals surface area contributed by atoms with Gasteiger partial charge in [0.05, 0.1) is 0 Å². The summed E-state index contributed by atoms with van der Waals surface area (Å²) in [5, 5.41) is 0. The Morgan fingerprint density at radius 3 is 2.00 bits per heavy atom. The second-order valence-electron chi connectivity index (χ2n) is 3.87. The summed E-state index contributed by atoms with van der Waals surface area (Å²) < 4.78 is 5.12. The van der Waals surface area contributed by atoms with Crippen LogP contribution < -0.4 is 0 Å². The van der Waals surface area contributed by atoms with Gasteiger partial charge in [-0.15, -0.1) is 0 Å². The minimum absolute atomic E-state index is 0.0417. The SMILES string of the molecule is CC[C@@H](OC(C)=O)C(C)(C)C. The molecular formula is C9H18O2. The van der Waals surface area contributed by atoms with Gasteiger partial charge in [-0.05, 0) is 11.8 Å². The second-order valence-corrected chi connectivity index (χ2v) is 3.87. The van der Waals surface area contributed by atoms with Gasteiger partial charge >= 0.3 is 5.97 Å². The van der Waals surface area contributed by atoms with Crippen LogP contribution in [-0.4, -0.2) is 12.1 Å². The van der Waals surface area contributed by atoms with Crippen LogP contribution in [0.1, 0.15) is 41.0 Å². The molecule has 0 spiro atoms. The molecule has 0 aromatic heterocycles. The van der Waals surface area contributed by atoms with Crippen LogP contribution in [0.15, 0.2) is 0 Å². The summed E-state index contributed by atoms with van der Waals surface area (Å²) >= 11 is 0. The number of carbonyl (C=O) groups excluding carboxylic acids is 1. The zero-order valence-electron chi connectivity index (χ0n) is 8.10. The van der Waals surface area contributed by atoms with Crippen LogP contribution in [0.5, 0.6) is 0 Å². The molecule has 1 atom stereocenters. The van der Waals surface area contributed by atoms with E-state index in [-0.39, 0.29) is 17.5 Å². The average Bonchev–Trinajstić information content (AvgIpc) is 1.79. The molecule has 0 radical (unpaired) electrons. The monoisotopic (exact) mass is 158 g/mol. The van der Waals surface area contributed by atoms with Crippen molar-refractivity contribution in [3.63, 3.8) is 0 Å². The van der Waals surface area contributed by atoms with Crippen LogP contribution in [0.2, 0.25) is 0 Å². The number of hydrogen-bond acceptors (Lipinski definition) is 2. The van der Waals surface area contributed by atoms with Crippen LogP contribution in [-0.2, 0) is 9.53 Å². The van der Waals surface area contributed by atoms with Crippen molar-refractivity contribution in [2.24, 2.45) is 5.41 Å². The highest BCUT2D eigenvalue weighted by Gasteiger charge is 2.25. The maximum Gasteiger partial charge on any atom is 0.302 e. The first kappa shape index (κ1) is 10.5. The predicted octanol–water partition coefficient (Wildman–Crippen LogP) is 2.37. The number of carbonyl (C=O) groups is 1. The van der Waals surface area contributed by atoms with Crippen molar-refractivity contribution in [3.8, 4) is 0 Å². The van der Waals surface area contributed by atoms with Gasteiger partial charge in [-0.1, -0.05) is 27.7 Å². The van der Waals surface area contributed by atoms with Crippen molar-refractivity contribution >= 4 is 5.97 Å². The summed E-state index contributed by atoms with van der Waals surface area (Å²) in [5.74, 6) is -0.188. The molecule has 66 valence electrons. The predicted molar refractivity (Wildman–Crippen MR) is 45.3 cm³/mol. The van der Waals surface area contributed by atoms with Gasteiger partial charge in [0, 0.05) is 6.92 Å². The van der Waals surface area contributed by atoms with E-state index in [1.807, 2.05) is 6.92 Å². The van der Waals surface area contributed by atoms with Crippen molar-refractivity contribution in [3.05, 3.63) is 0 Å². The maximum atomic E-state index is 10.6. The Balaban J connectivity index is 4.07. The Morgan fingerprint density at radius 1 is 1.45 bits per heavy atom. The molecule has 0 fully saturated rings. The van der Waals surface area contributed by atoms with E-state index >= 15 is 0 Å². The van der Waals surface area contributed by atoms with E-state index in [4.69, 9.17) is 4.74 Å². The smallest absolute Gasteiger partial charge is 0.302 e. The topological polar surface area (TPSA) is 26.3 Å². The molecule has 0 saturated carbocycles. The van der Waals surface area contributed by atoms with Gasteiger partial charge in [-0.3, -0.25) is 4.79 Å². The van der Waals surface area contributed by atoms with E-state index in [1.54, 1.807) is 0 Å². The third kappa shape index (κ3) is 4.02. The average molecular weight is 158 g/mol. The van der Waals surface area contributed by atoms with Crippen molar-refractivity contribution in [2.45, 2.75) is 47.1 Å². The molecule has 0 heterocycles. The Hall–Kier alpha value is -0.530. The minimum Gasteiger partial charge on any atom is -0.462 e. The molecule has 0 unspecified atom stereocenters. The highest BCUT2D eigenvalue weighted by molar-refractivity contribution is 5.66. The Bertz CT molecular complexity index is 133. The van der Waals surface area contributed by atoms with Crippen molar-refractivity contribution < 1.29 is 9.53 Å². The lowest BCUT2D eigenvalue weighted by Gasteiger charge is -2.28. The van der Waals surface area contributed by atoms with Crippen molar-refractivity contribution in [2.75, 3.05) is 0 Å². The second kappa shape index (κ2) is 3.74. The molecule has 0 amide bonds. The first-order chi connectivity index (χ1) is 4.88. The van der Waals surface area contributed by atoms with Crippen molar-refractivity contribution in [1.82, 2.24) is 0 Å². The molecule has 0 aromatic carbocycles. The normalized spacial score (nSPS) is 14.3. The molecule has 0 rings (SSSR count). The lowest BCUT2D eigenvalue weighted by Crippen LogP contribution is -2.30. The third-order valence-electron chi connectivity index (χ3n) is 1.64. The zero-order valence-corrected chi connectivity index (χ0v) is 8.10. The zero-order chi connectivity index (χ0) is 9.07. The molecule has 0 aromatic rings. The molecule has 0 bridgehead atoms. The lowest BCUT2D eigenvalue weighted by atomic mass is 9.87. The summed E-state index contributed by atoms with van der Waals surface area (Å²) in [4.78, 5) is 10.6. The van der Waals surface area contributed by atoms with Gasteiger partial charge in [0.25, 0.3) is 0 Å². The summed E-state index contributed by atoms with van der Waals surface area (Å²) in [6, 6.07) is 0. The number of ether oxygens (including phenoxy) is 1. The fourth-order valence-electron chi connectivity index (χ4n) is 1.07. The summed E-state index contributed by atoms with van der Waals surface area (Å²) in [5.41, 5.74) is 0.0560. The summed E-state index contributed by atoms with van der Waals surface area (Å²) in [7, 11) is 0. The molecule has 0 aliphatic rings. The first-order valence-corrected chi connectivity index (χ1v) is 4.05. The van der Waals surface area contributed by atoms with Crippen LogP contribution in [0.25, 0.3) is 0 Å². The highest BCUT2D eigenvalue weighted by Crippen LogP contribution is 2.24. The van der Waals surface area contributed by atoms with Crippen LogP contribution in [0, 0.1) is 5.41 Å². The summed E-state index contributed by atoms with van der Waals surface area (Å²) in [6.45, 7) is 9.70. The Morgan fingerprint density at radius 2 is 1.91 bits per heavy atom. The molecule has 0 saturated heterocycles. The number of esters is 1. The molecular weight excluding hydrogens is 140 g/mol. The van der Waals surface area contributed by atoms with E-state index in [0.29, 0.717) is 0 Å². The molecule has 0 aliphatic heterocycles.